The highest BCUT2D eigenvalue weighted by Gasteiger charge is 2.10. The number of aryl methyl sites for hydroxylation is 2. The van der Waals surface area contributed by atoms with Crippen molar-refractivity contribution in [3.8, 4) is 5.75 Å². The molecule has 0 aliphatic rings. The first kappa shape index (κ1) is 19.6. The van der Waals surface area contributed by atoms with Gasteiger partial charge in [-0.1, -0.05) is 29.8 Å². The van der Waals surface area contributed by atoms with Crippen molar-refractivity contribution in [2.45, 2.75) is 26.2 Å². The van der Waals surface area contributed by atoms with Gasteiger partial charge in [0.05, 0.1) is 18.0 Å². The molecule has 0 atom stereocenters. The van der Waals surface area contributed by atoms with E-state index in [-0.39, 0.29) is 17.9 Å². The van der Waals surface area contributed by atoms with Gasteiger partial charge in [0.1, 0.15) is 11.6 Å². The van der Waals surface area contributed by atoms with Crippen molar-refractivity contribution in [1.29, 1.82) is 0 Å². The van der Waals surface area contributed by atoms with Crippen LogP contribution in [0.2, 0.25) is 0 Å². The molecule has 1 N–H and O–H groups in total. The van der Waals surface area contributed by atoms with Crippen LogP contribution in [-0.4, -0.2) is 29.1 Å². The van der Waals surface area contributed by atoms with E-state index in [9.17, 15) is 9.59 Å². The molecule has 1 heterocycles. The molecular weight excluding hydrogens is 354 g/mol. The largest absolute Gasteiger partial charge is 0.496 e. The number of benzene rings is 2. The molecule has 28 heavy (non-hydrogen) atoms. The van der Waals surface area contributed by atoms with E-state index in [0.29, 0.717) is 36.1 Å². The fourth-order valence-corrected chi connectivity index (χ4v) is 3.24. The third-order valence-corrected chi connectivity index (χ3v) is 4.80. The molecular formula is C22H25N3O3. The van der Waals surface area contributed by atoms with Crippen molar-refractivity contribution < 1.29 is 9.53 Å². The Morgan fingerprint density at radius 1 is 1.18 bits per heavy atom. The van der Waals surface area contributed by atoms with Crippen LogP contribution >= 0.6 is 0 Å². The Labute approximate surface area is 164 Å². The van der Waals surface area contributed by atoms with Gasteiger partial charge in [-0.2, -0.15) is 0 Å². The summed E-state index contributed by atoms with van der Waals surface area (Å²) in [5, 5.41) is 3.52. The molecule has 0 bridgehead atoms. The molecule has 2 aromatic carbocycles. The van der Waals surface area contributed by atoms with Crippen LogP contribution in [0.5, 0.6) is 5.75 Å². The predicted molar refractivity (Wildman–Crippen MR) is 110 cm³/mol. The molecule has 0 unspecified atom stereocenters. The van der Waals surface area contributed by atoms with Gasteiger partial charge in [-0.3, -0.25) is 14.2 Å². The number of hydrogen-bond acceptors (Lipinski definition) is 4. The highest BCUT2D eigenvalue weighted by Crippen LogP contribution is 2.19. The molecule has 6 heteroatoms. The molecule has 0 saturated carbocycles. The number of fused-ring (bicyclic) bond motifs is 1. The van der Waals surface area contributed by atoms with Crippen molar-refractivity contribution in [2.24, 2.45) is 7.05 Å². The van der Waals surface area contributed by atoms with Crippen molar-refractivity contribution in [1.82, 2.24) is 14.9 Å². The molecule has 6 nitrogen and oxygen atoms in total. The topological polar surface area (TPSA) is 73.2 Å². The van der Waals surface area contributed by atoms with Crippen LogP contribution < -0.4 is 15.6 Å². The Kier molecular flexibility index (Phi) is 6.09. The summed E-state index contributed by atoms with van der Waals surface area (Å²) in [6.45, 7) is 2.56. The zero-order chi connectivity index (χ0) is 20.1. The van der Waals surface area contributed by atoms with E-state index in [4.69, 9.17) is 4.74 Å². The fourth-order valence-electron chi connectivity index (χ4n) is 3.24. The normalized spacial score (nSPS) is 10.8. The number of rotatable bonds is 7. The number of amides is 1. The smallest absolute Gasteiger partial charge is 0.261 e. The zero-order valence-corrected chi connectivity index (χ0v) is 16.5. The van der Waals surface area contributed by atoms with Gasteiger partial charge in [0.15, 0.2) is 0 Å². The van der Waals surface area contributed by atoms with E-state index in [1.165, 1.54) is 4.57 Å². The number of methoxy groups -OCH3 is 1. The second kappa shape index (κ2) is 8.69. The van der Waals surface area contributed by atoms with Gasteiger partial charge < -0.3 is 10.1 Å². The number of carbonyl (C=O) groups is 1. The highest BCUT2D eigenvalue weighted by atomic mass is 16.5. The number of nitrogens with zero attached hydrogens (tertiary/aromatic N) is 2. The van der Waals surface area contributed by atoms with Crippen LogP contribution in [0.1, 0.15) is 23.4 Å². The second-order valence-corrected chi connectivity index (χ2v) is 6.82. The molecule has 0 spiro atoms. The number of aromatic nitrogens is 2. The standard InChI is InChI=1S/C22H25N3O3/c1-15-8-9-19(28-3)16(14-15)12-13-23-21(26)11-10-20-24-18-7-5-4-6-17(18)22(27)25(20)2/h4-9,14H,10-13H2,1-3H3,(H,23,26). The van der Waals surface area contributed by atoms with Gasteiger partial charge in [-0.15, -0.1) is 0 Å². The lowest BCUT2D eigenvalue weighted by molar-refractivity contribution is -0.121. The van der Waals surface area contributed by atoms with E-state index in [0.717, 1.165) is 16.9 Å². The summed E-state index contributed by atoms with van der Waals surface area (Å²) >= 11 is 0. The number of ether oxygens (including phenoxy) is 1. The Bertz CT molecular complexity index is 1060. The van der Waals surface area contributed by atoms with E-state index in [1.807, 2.05) is 37.3 Å². The first-order valence-electron chi connectivity index (χ1n) is 9.34. The maximum absolute atomic E-state index is 12.4. The first-order valence-corrected chi connectivity index (χ1v) is 9.34. The maximum Gasteiger partial charge on any atom is 0.261 e. The predicted octanol–water partition coefficient (Wildman–Crippen LogP) is 2.54. The Morgan fingerprint density at radius 3 is 2.75 bits per heavy atom. The monoisotopic (exact) mass is 379 g/mol. The number of nitrogens with one attached hydrogen (secondary N) is 1. The molecule has 3 aromatic rings. The summed E-state index contributed by atoms with van der Waals surface area (Å²) < 4.78 is 6.89. The lowest BCUT2D eigenvalue weighted by atomic mass is 10.1. The minimum Gasteiger partial charge on any atom is -0.496 e. The molecule has 1 amide bonds. The molecule has 0 aliphatic heterocycles. The van der Waals surface area contributed by atoms with E-state index in [2.05, 4.69) is 16.4 Å². The lowest BCUT2D eigenvalue weighted by Crippen LogP contribution is -2.28. The molecule has 0 saturated heterocycles. The van der Waals surface area contributed by atoms with Gasteiger partial charge in [0.2, 0.25) is 5.91 Å². The lowest BCUT2D eigenvalue weighted by Gasteiger charge is -2.11. The molecule has 3 rings (SSSR count). The summed E-state index contributed by atoms with van der Waals surface area (Å²) in [6.07, 6.45) is 1.39. The second-order valence-electron chi connectivity index (χ2n) is 6.82. The van der Waals surface area contributed by atoms with E-state index >= 15 is 0 Å². The molecule has 1 aromatic heterocycles. The van der Waals surface area contributed by atoms with Crippen molar-refractivity contribution >= 4 is 16.8 Å². The van der Waals surface area contributed by atoms with Crippen LogP contribution in [0.4, 0.5) is 0 Å². The zero-order valence-electron chi connectivity index (χ0n) is 16.5. The van der Waals surface area contributed by atoms with Crippen molar-refractivity contribution in [3.63, 3.8) is 0 Å². The summed E-state index contributed by atoms with van der Waals surface area (Å²) in [7, 11) is 3.34. The number of carbonyl (C=O) groups excluding carboxylic acids is 1. The third kappa shape index (κ3) is 4.39. The maximum atomic E-state index is 12.4. The Hall–Kier alpha value is -3.15. The Balaban J connectivity index is 1.58. The van der Waals surface area contributed by atoms with Gasteiger partial charge in [-0.05, 0) is 37.1 Å². The quantitative estimate of drug-likeness (QED) is 0.685. The van der Waals surface area contributed by atoms with Gasteiger partial charge >= 0.3 is 0 Å². The van der Waals surface area contributed by atoms with Gasteiger partial charge in [0, 0.05) is 26.4 Å². The molecule has 146 valence electrons. The molecule has 0 radical (unpaired) electrons. The summed E-state index contributed by atoms with van der Waals surface area (Å²) in [5.74, 6) is 1.38. The minimum atomic E-state index is -0.0902. The van der Waals surface area contributed by atoms with E-state index < -0.39 is 0 Å². The Morgan fingerprint density at radius 2 is 1.96 bits per heavy atom. The van der Waals surface area contributed by atoms with Gasteiger partial charge in [-0.25, -0.2) is 4.98 Å². The number of para-hydroxylation sites is 1. The fraction of sp³-hybridized carbons (Fsp3) is 0.318. The molecule has 0 aliphatic carbocycles. The number of hydrogen-bond donors (Lipinski definition) is 1. The third-order valence-electron chi connectivity index (χ3n) is 4.80. The molecule has 0 fully saturated rings. The van der Waals surface area contributed by atoms with Crippen LogP contribution in [0, 0.1) is 6.92 Å². The van der Waals surface area contributed by atoms with Crippen molar-refractivity contribution in [3.05, 3.63) is 69.8 Å². The van der Waals surface area contributed by atoms with Crippen LogP contribution in [0.15, 0.2) is 47.3 Å². The van der Waals surface area contributed by atoms with Crippen LogP contribution in [-0.2, 0) is 24.7 Å². The minimum absolute atomic E-state index is 0.0611. The van der Waals surface area contributed by atoms with Crippen LogP contribution in [0.3, 0.4) is 0 Å². The van der Waals surface area contributed by atoms with Crippen LogP contribution in [0.25, 0.3) is 10.9 Å². The average molecular weight is 379 g/mol. The highest BCUT2D eigenvalue weighted by molar-refractivity contribution is 5.78. The average Bonchev–Trinajstić information content (AvgIpc) is 2.70. The summed E-state index contributed by atoms with van der Waals surface area (Å²) in [4.78, 5) is 29.2. The SMILES string of the molecule is COc1ccc(C)cc1CCNC(=O)CCc1nc2ccccc2c(=O)n1C. The summed E-state index contributed by atoms with van der Waals surface area (Å²) in [5.41, 5.74) is 2.80. The van der Waals surface area contributed by atoms with Crippen molar-refractivity contribution in [2.75, 3.05) is 13.7 Å². The summed E-state index contributed by atoms with van der Waals surface area (Å²) in [6, 6.07) is 13.3. The van der Waals surface area contributed by atoms with E-state index in [1.54, 1.807) is 20.2 Å². The first-order chi connectivity index (χ1) is 13.5. The van der Waals surface area contributed by atoms with Gasteiger partial charge in [0.25, 0.3) is 5.56 Å².